The second-order valence-electron chi connectivity index (χ2n) is 11.1. The molecule has 0 saturated carbocycles. The second-order valence-corrected chi connectivity index (χ2v) is 11.1. The molecule has 0 aliphatic heterocycles. The van der Waals surface area contributed by atoms with E-state index in [1.165, 1.54) is 39.2 Å². The SMILES string of the molecule is C=C[CH]c1ccccc1.CC(C)c1cccc(C(C)C)c1-n1[c-][n+](-c2c(C(C)C)cccc2C(C)C)cc1.[Cl][Pd+]. The Morgan fingerprint density at radius 1 is 0.700 bits per heavy atom. The van der Waals surface area contributed by atoms with Crippen molar-refractivity contribution in [2.45, 2.75) is 79.1 Å². The van der Waals surface area contributed by atoms with Crippen LogP contribution >= 0.6 is 9.53 Å². The molecule has 4 heteroatoms. The number of para-hydroxylation sites is 2. The van der Waals surface area contributed by atoms with Gasteiger partial charge in [-0.15, -0.1) is 6.58 Å². The van der Waals surface area contributed by atoms with Gasteiger partial charge in [0.1, 0.15) is 0 Å². The van der Waals surface area contributed by atoms with Crippen LogP contribution in [0.1, 0.15) is 107 Å². The van der Waals surface area contributed by atoms with Crippen molar-refractivity contribution >= 4 is 9.53 Å². The third-order valence-electron chi connectivity index (χ3n) is 6.86. The summed E-state index contributed by atoms with van der Waals surface area (Å²) < 4.78 is 4.40. The molecule has 3 aromatic carbocycles. The third kappa shape index (κ3) is 8.78. The number of hydrogen-bond donors (Lipinski definition) is 0. The monoisotopic (exact) mass is 646 g/mol. The van der Waals surface area contributed by atoms with Crippen LogP contribution in [0, 0.1) is 12.7 Å². The predicted octanol–water partition coefficient (Wildman–Crippen LogP) is 10.2. The molecule has 1 radical (unpaired) electrons. The van der Waals surface area contributed by atoms with Crippen LogP contribution in [0.15, 0.2) is 91.8 Å². The third-order valence-corrected chi connectivity index (χ3v) is 6.86. The Morgan fingerprint density at radius 2 is 1.15 bits per heavy atom. The van der Waals surface area contributed by atoms with E-state index >= 15 is 0 Å². The van der Waals surface area contributed by atoms with Crippen molar-refractivity contribution in [1.82, 2.24) is 4.57 Å². The van der Waals surface area contributed by atoms with Gasteiger partial charge < -0.3 is 0 Å². The number of allylic oxidation sites excluding steroid dienone is 1. The van der Waals surface area contributed by atoms with Gasteiger partial charge in [0, 0.05) is 18.8 Å². The van der Waals surface area contributed by atoms with E-state index in [1.54, 1.807) is 6.08 Å². The van der Waals surface area contributed by atoms with Crippen LogP contribution in [-0.4, -0.2) is 4.57 Å². The molecule has 0 aliphatic carbocycles. The topological polar surface area (TPSA) is 8.81 Å². The van der Waals surface area contributed by atoms with Gasteiger partial charge in [-0.1, -0.05) is 128 Å². The van der Waals surface area contributed by atoms with Crippen LogP contribution < -0.4 is 4.57 Å². The Bertz CT molecular complexity index is 1190. The maximum absolute atomic E-state index is 4.49. The number of imidazole rings is 1. The molecule has 40 heavy (non-hydrogen) atoms. The van der Waals surface area contributed by atoms with Gasteiger partial charge in [0.15, 0.2) is 0 Å². The average molecular weight is 648 g/mol. The number of hydrogen-bond acceptors (Lipinski definition) is 0. The molecule has 0 saturated heterocycles. The maximum atomic E-state index is 4.49. The van der Waals surface area contributed by atoms with E-state index in [0.717, 1.165) is 0 Å². The molecule has 0 bridgehead atoms. The first-order chi connectivity index (χ1) is 19.1. The summed E-state index contributed by atoms with van der Waals surface area (Å²) in [5, 5.41) is 0. The number of halogens is 1. The summed E-state index contributed by atoms with van der Waals surface area (Å²) in [5.41, 5.74) is 9.25. The molecule has 0 aliphatic rings. The van der Waals surface area contributed by atoms with E-state index in [-0.39, 0.29) is 0 Å². The van der Waals surface area contributed by atoms with Crippen molar-refractivity contribution in [1.29, 1.82) is 0 Å². The summed E-state index contributed by atoms with van der Waals surface area (Å²) in [6, 6.07) is 23.5. The Balaban J connectivity index is 0.000000428. The van der Waals surface area contributed by atoms with Crippen molar-refractivity contribution in [2.24, 2.45) is 0 Å². The van der Waals surface area contributed by atoms with E-state index in [4.69, 9.17) is 0 Å². The van der Waals surface area contributed by atoms with Crippen LogP contribution in [0.4, 0.5) is 0 Å². The summed E-state index contributed by atoms with van der Waals surface area (Å²) in [5.74, 6) is 1.84. The molecule has 0 amide bonds. The molecule has 0 fully saturated rings. The fourth-order valence-corrected chi connectivity index (χ4v) is 4.85. The molecule has 1 aromatic heterocycles. The quantitative estimate of drug-likeness (QED) is 0.102. The van der Waals surface area contributed by atoms with Crippen molar-refractivity contribution in [2.75, 3.05) is 0 Å². The van der Waals surface area contributed by atoms with Gasteiger partial charge >= 0.3 is 27.7 Å². The molecule has 215 valence electrons. The molecule has 4 aromatic rings. The van der Waals surface area contributed by atoms with Crippen molar-refractivity contribution in [3.63, 3.8) is 0 Å². The number of rotatable bonds is 8. The van der Waals surface area contributed by atoms with Gasteiger partial charge in [-0.2, -0.15) is 0 Å². The first-order valence-electron chi connectivity index (χ1n) is 14.1. The zero-order chi connectivity index (χ0) is 29.8. The average Bonchev–Trinajstić information content (AvgIpc) is 3.44. The summed E-state index contributed by atoms with van der Waals surface area (Å²) >= 11 is 2.22. The first-order valence-corrected chi connectivity index (χ1v) is 16.1. The fourth-order valence-electron chi connectivity index (χ4n) is 4.85. The zero-order valence-electron chi connectivity index (χ0n) is 25.3. The van der Waals surface area contributed by atoms with E-state index in [2.05, 4.69) is 154 Å². The van der Waals surface area contributed by atoms with Crippen LogP contribution in [0.2, 0.25) is 0 Å². The van der Waals surface area contributed by atoms with Crippen LogP contribution in [0.5, 0.6) is 0 Å². The summed E-state index contributed by atoms with van der Waals surface area (Å²) in [4.78, 5) is 0. The normalized spacial score (nSPS) is 10.9. The number of nitrogens with zero attached hydrogens (tertiary/aromatic N) is 2. The van der Waals surface area contributed by atoms with Crippen molar-refractivity contribution in [3.8, 4) is 11.4 Å². The minimum absolute atomic E-state index is 0.460. The van der Waals surface area contributed by atoms with E-state index in [0.29, 0.717) is 23.7 Å². The second kappa shape index (κ2) is 16.7. The molecule has 0 unspecified atom stereocenters. The van der Waals surface area contributed by atoms with Gasteiger partial charge in [-0.05, 0) is 51.5 Å². The van der Waals surface area contributed by atoms with Crippen molar-refractivity contribution < 1.29 is 22.7 Å². The molecular formula is C36H45ClN2Pd+. The van der Waals surface area contributed by atoms with Gasteiger partial charge in [-0.25, -0.2) is 0 Å². The first kappa shape index (κ1) is 33.8. The van der Waals surface area contributed by atoms with E-state index in [1.807, 2.05) is 36.8 Å². The molecule has 2 nitrogen and oxygen atoms in total. The standard InChI is InChI=1S/C27H36N2.C9H9.ClH.Pd/c1-18(2)22-11-9-12-23(19(3)4)26(22)28-15-16-29(17-28)27-24(20(5)6)13-10-14-25(27)21(7)8;1-2-6-9-7-4-3-5-8-9;;/h9-16,18-21H,1-8H3;2-8H,1H2;1H;/q;;;+2/p-1. The molecule has 4 rings (SSSR count). The predicted molar refractivity (Wildman–Crippen MR) is 168 cm³/mol. The van der Waals surface area contributed by atoms with Crippen molar-refractivity contribution in [3.05, 3.63) is 132 Å². The Hall–Kier alpha value is -2.44. The van der Waals surface area contributed by atoms with Gasteiger partial charge in [0.25, 0.3) is 6.33 Å². The zero-order valence-corrected chi connectivity index (χ0v) is 27.6. The van der Waals surface area contributed by atoms with E-state index < -0.39 is 0 Å². The van der Waals surface area contributed by atoms with Crippen LogP contribution in [0.25, 0.3) is 11.4 Å². The number of aromatic nitrogens is 2. The molecular weight excluding hydrogens is 602 g/mol. The molecule has 1 heterocycles. The number of benzene rings is 3. The van der Waals surface area contributed by atoms with Gasteiger partial charge in [0.2, 0.25) is 0 Å². The van der Waals surface area contributed by atoms with Gasteiger partial charge in [-0.3, -0.25) is 9.13 Å². The van der Waals surface area contributed by atoms with E-state index in [9.17, 15) is 0 Å². The minimum atomic E-state index is 0.460. The summed E-state index contributed by atoms with van der Waals surface area (Å²) in [7, 11) is 4.49. The Kier molecular flexibility index (Phi) is 14.1. The van der Waals surface area contributed by atoms with Gasteiger partial charge in [0.05, 0.1) is 11.4 Å². The molecule has 0 N–H and O–H groups in total. The summed E-state index contributed by atoms with van der Waals surface area (Å²) in [6.45, 7) is 21.8. The Morgan fingerprint density at radius 3 is 1.57 bits per heavy atom. The van der Waals surface area contributed by atoms with Crippen LogP contribution in [0.3, 0.4) is 0 Å². The molecule has 0 atom stereocenters. The Labute approximate surface area is 258 Å². The fraction of sp³-hybridized carbons (Fsp3) is 0.333. The summed E-state index contributed by atoms with van der Waals surface area (Å²) in [6.07, 6.45) is 11.7. The molecule has 0 spiro atoms. The van der Waals surface area contributed by atoms with Crippen LogP contribution in [-0.2, 0) is 18.2 Å².